The van der Waals surface area contributed by atoms with E-state index in [1.54, 1.807) is 4.68 Å². The zero-order valence-electron chi connectivity index (χ0n) is 11.3. The maximum Gasteiger partial charge on any atom is 0.128 e. The van der Waals surface area contributed by atoms with Gasteiger partial charge in [-0.1, -0.05) is 6.07 Å². The van der Waals surface area contributed by atoms with Crippen molar-refractivity contribution < 1.29 is 4.74 Å². The van der Waals surface area contributed by atoms with Crippen molar-refractivity contribution in [2.24, 2.45) is 7.05 Å². The van der Waals surface area contributed by atoms with Gasteiger partial charge in [-0.2, -0.15) is 5.10 Å². The molecule has 1 heterocycles. The predicted molar refractivity (Wildman–Crippen MR) is 72.6 cm³/mol. The number of hydrogen-bond donors (Lipinski definition) is 1. The number of ether oxygens (including phenoxy) is 1. The van der Waals surface area contributed by atoms with Crippen molar-refractivity contribution in [3.63, 3.8) is 0 Å². The van der Waals surface area contributed by atoms with Crippen LogP contribution < -0.4 is 10.5 Å². The first-order chi connectivity index (χ1) is 8.49. The SMILES string of the molecule is Cc1ccc(OCc2c(C)nn(C)c2N)cc1C. The van der Waals surface area contributed by atoms with Crippen LogP contribution in [0.1, 0.15) is 22.4 Å². The molecule has 0 radical (unpaired) electrons. The van der Waals surface area contributed by atoms with E-state index in [-0.39, 0.29) is 0 Å². The van der Waals surface area contributed by atoms with Gasteiger partial charge in [-0.15, -0.1) is 0 Å². The number of hydrogen-bond acceptors (Lipinski definition) is 3. The van der Waals surface area contributed by atoms with Gasteiger partial charge in [0.25, 0.3) is 0 Å². The Morgan fingerprint density at radius 2 is 1.94 bits per heavy atom. The zero-order chi connectivity index (χ0) is 13.3. The third-order valence-electron chi connectivity index (χ3n) is 3.26. The summed E-state index contributed by atoms with van der Waals surface area (Å²) in [5.74, 6) is 1.53. The highest BCUT2D eigenvalue weighted by Gasteiger charge is 2.10. The molecule has 0 unspecified atom stereocenters. The summed E-state index contributed by atoms with van der Waals surface area (Å²) in [6.45, 7) is 6.55. The summed E-state index contributed by atoms with van der Waals surface area (Å²) in [7, 11) is 1.84. The molecule has 0 amide bonds. The molecule has 0 saturated carbocycles. The molecule has 4 nitrogen and oxygen atoms in total. The molecule has 2 N–H and O–H groups in total. The van der Waals surface area contributed by atoms with Crippen molar-refractivity contribution in [3.05, 3.63) is 40.6 Å². The van der Waals surface area contributed by atoms with E-state index in [0.717, 1.165) is 17.0 Å². The minimum Gasteiger partial charge on any atom is -0.489 e. The molecule has 0 aliphatic rings. The molecule has 0 fully saturated rings. The van der Waals surface area contributed by atoms with Crippen LogP contribution in [-0.4, -0.2) is 9.78 Å². The van der Waals surface area contributed by atoms with Crippen molar-refractivity contribution in [1.29, 1.82) is 0 Å². The summed E-state index contributed by atoms with van der Waals surface area (Å²) in [4.78, 5) is 0. The number of rotatable bonds is 3. The Bertz CT molecular complexity index is 573. The molecule has 96 valence electrons. The lowest BCUT2D eigenvalue weighted by Gasteiger charge is -2.08. The van der Waals surface area contributed by atoms with Crippen LogP contribution in [0.3, 0.4) is 0 Å². The second-order valence-corrected chi connectivity index (χ2v) is 4.61. The highest BCUT2D eigenvalue weighted by molar-refractivity contribution is 5.43. The first-order valence-electron chi connectivity index (χ1n) is 5.97. The van der Waals surface area contributed by atoms with Crippen LogP contribution in [0, 0.1) is 20.8 Å². The lowest BCUT2D eigenvalue weighted by molar-refractivity contribution is 0.306. The van der Waals surface area contributed by atoms with E-state index in [4.69, 9.17) is 10.5 Å². The van der Waals surface area contributed by atoms with Gasteiger partial charge in [0.2, 0.25) is 0 Å². The lowest BCUT2D eigenvalue weighted by Crippen LogP contribution is -2.02. The van der Waals surface area contributed by atoms with Crippen LogP contribution in [0.5, 0.6) is 5.75 Å². The highest BCUT2D eigenvalue weighted by Crippen LogP contribution is 2.21. The van der Waals surface area contributed by atoms with Crippen molar-refractivity contribution in [1.82, 2.24) is 9.78 Å². The molecule has 18 heavy (non-hydrogen) atoms. The summed E-state index contributed by atoms with van der Waals surface area (Å²) in [6.07, 6.45) is 0. The summed E-state index contributed by atoms with van der Waals surface area (Å²) in [6, 6.07) is 6.07. The Morgan fingerprint density at radius 3 is 2.50 bits per heavy atom. The van der Waals surface area contributed by atoms with Crippen LogP contribution in [-0.2, 0) is 13.7 Å². The van der Waals surface area contributed by atoms with Gasteiger partial charge in [-0.05, 0) is 44.0 Å². The average molecular weight is 245 g/mol. The summed E-state index contributed by atoms with van der Waals surface area (Å²) in [5, 5.41) is 4.27. The largest absolute Gasteiger partial charge is 0.489 e. The van der Waals surface area contributed by atoms with Crippen LogP contribution in [0.2, 0.25) is 0 Å². The van der Waals surface area contributed by atoms with Crippen LogP contribution in [0.25, 0.3) is 0 Å². The van der Waals surface area contributed by atoms with Crippen molar-refractivity contribution in [2.45, 2.75) is 27.4 Å². The van der Waals surface area contributed by atoms with E-state index in [2.05, 4.69) is 25.0 Å². The molecule has 0 bridgehead atoms. The minimum atomic E-state index is 0.452. The molecule has 2 rings (SSSR count). The van der Waals surface area contributed by atoms with Gasteiger partial charge < -0.3 is 10.5 Å². The fraction of sp³-hybridized carbons (Fsp3) is 0.357. The average Bonchev–Trinajstić information content (AvgIpc) is 2.56. The van der Waals surface area contributed by atoms with Gasteiger partial charge in [-0.25, -0.2) is 0 Å². The van der Waals surface area contributed by atoms with E-state index in [9.17, 15) is 0 Å². The highest BCUT2D eigenvalue weighted by atomic mass is 16.5. The molecular formula is C14H19N3O. The zero-order valence-corrected chi connectivity index (χ0v) is 11.3. The van der Waals surface area contributed by atoms with Gasteiger partial charge in [0.15, 0.2) is 0 Å². The quantitative estimate of drug-likeness (QED) is 0.904. The van der Waals surface area contributed by atoms with Crippen LogP contribution in [0.15, 0.2) is 18.2 Å². The Balaban J connectivity index is 2.14. The van der Waals surface area contributed by atoms with Gasteiger partial charge in [0.05, 0.1) is 11.3 Å². The standard InChI is InChI=1S/C14H19N3O/c1-9-5-6-12(7-10(9)2)18-8-13-11(3)16-17(4)14(13)15/h5-7H,8,15H2,1-4H3. The Morgan fingerprint density at radius 1 is 1.22 bits per heavy atom. The molecule has 2 aromatic rings. The smallest absolute Gasteiger partial charge is 0.128 e. The number of nitrogens with zero attached hydrogens (tertiary/aromatic N) is 2. The first kappa shape index (κ1) is 12.5. The van der Waals surface area contributed by atoms with E-state index in [1.165, 1.54) is 11.1 Å². The third kappa shape index (κ3) is 2.32. The third-order valence-corrected chi connectivity index (χ3v) is 3.26. The first-order valence-corrected chi connectivity index (χ1v) is 5.97. The molecule has 0 aliphatic heterocycles. The van der Waals surface area contributed by atoms with Crippen molar-refractivity contribution in [2.75, 3.05) is 5.73 Å². The lowest BCUT2D eigenvalue weighted by atomic mass is 10.1. The molecule has 0 atom stereocenters. The van der Waals surface area contributed by atoms with Gasteiger partial charge >= 0.3 is 0 Å². The maximum absolute atomic E-state index is 5.94. The van der Waals surface area contributed by atoms with E-state index < -0.39 is 0 Å². The number of nitrogen functional groups attached to an aromatic ring is 1. The van der Waals surface area contributed by atoms with Crippen molar-refractivity contribution >= 4 is 5.82 Å². The maximum atomic E-state index is 5.94. The molecule has 1 aromatic heterocycles. The van der Waals surface area contributed by atoms with E-state index in [1.807, 2.05) is 26.1 Å². The second kappa shape index (κ2) is 4.72. The Kier molecular flexibility index (Phi) is 3.28. The van der Waals surface area contributed by atoms with Crippen LogP contribution >= 0.6 is 0 Å². The fourth-order valence-electron chi connectivity index (χ4n) is 1.86. The van der Waals surface area contributed by atoms with E-state index in [0.29, 0.717) is 12.4 Å². The molecule has 0 spiro atoms. The van der Waals surface area contributed by atoms with Crippen LogP contribution in [0.4, 0.5) is 5.82 Å². The van der Waals surface area contributed by atoms with Gasteiger partial charge in [0.1, 0.15) is 18.2 Å². The molecular weight excluding hydrogens is 226 g/mol. The molecule has 4 heteroatoms. The Labute approximate surface area is 107 Å². The minimum absolute atomic E-state index is 0.452. The predicted octanol–water partition coefficient (Wildman–Crippen LogP) is 2.51. The number of aryl methyl sites for hydroxylation is 4. The molecule has 0 saturated heterocycles. The summed E-state index contributed by atoms with van der Waals surface area (Å²) < 4.78 is 7.44. The number of benzene rings is 1. The fourth-order valence-corrected chi connectivity index (χ4v) is 1.86. The number of nitrogens with two attached hydrogens (primary N) is 1. The monoisotopic (exact) mass is 245 g/mol. The van der Waals surface area contributed by atoms with Crippen molar-refractivity contribution in [3.8, 4) is 5.75 Å². The molecule has 0 aliphatic carbocycles. The Hall–Kier alpha value is -1.97. The van der Waals surface area contributed by atoms with Gasteiger partial charge in [-0.3, -0.25) is 4.68 Å². The number of anilines is 1. The van der Waals surface area contributed by atoms with E-state index >= 15 is 0 Å². The summed E-state index contributed by atoms with van der Waals surface area (Å²) >= 11 is 0. The topological polar surface area (TPSA) is 53.1 Å². The van der Waals surface area contributed by atoms with Gasteiger partial charge in [0, 0.05) is 7.05 Å². The molecule has 1 aromatic carbocycles. The normalized spacial score (nSPS) is 10.7. The number of aromatic nitrogens is 2. The second-order valence-electron chi connectivity index (χ2n) is 4.61. The summed E-state index contributed by atoms with van der Waals surface area (Å²) in [5.41, 5.74) is 10.3.